The van der Waals surface area contributed by atoms with Crippen LogP contribution in [0.5, 0.6) is 0 Å². The van der Waals surface area contributed by atoms with E-state index in [1.54, 1.807) is 0 Å². The number of aromatic nitrogens is 2. The minimum Gasteiger partial charge on any atom is -0.345 e. The van der Waals surface area contributed by atoms with Gasteiger partial charge >= 0.3 is 0 Å². The lowest BCUT2D eigenvalue weighted by Gasteiger charge is -2.10. The number of rotatable bonds is 4. The van der Waals surface area contributed by atoms with E-state index in [1.807, 2.05) is 42.6 Å². The van der Waals surface area contributed by atoms with Gasteiger partial charge in [0.2, 0.25) is 6.29 Å². The molecule has 124 valence electrons. The topological polar surface area (TPSA) is 70.9 Å². The van der Waals surface area contributed by atoms with Gasteiger partial charge in [-0.1, -0.05) is 42.5 Å². The molecule has 0 atom stereocenters. The van der Waals surface area contributed by atoms with Crippen molar-refractivity contribution in [2.24, 2.45) is 0 Å². The third-order valence-electron chi connectivity index (χ3n) is 4.32. The maximum atomic E-state index is 9.26. The molecule has 1 aliphatic heterocycles. The summed E-state index contributed by atoms with van der Waals surface area (Å²) in [5.74, 6) is 0. The number of ether oxygens (including phenoxy) is 2. The van der Waals surface area contributed by atoms with Gasteiger partial charge in [-0.15, -0.1) is 0 Å². The average Bonchev–Trinajstić information content (AvgIpc) is 3.34. The van der Waals surface area contributed by atoms with E-state index in [0.29, 0.717) is 18.8 Å². The van der Waals surface area contributed by atoms with Crippen molar-refractivity contribution in [1.29, 1.82) is 5.26 Å². The lowest BCUT2D eigenvalue weighted by Crippen LogP contribution is -2.03. The molecule has 0 aliphatic carbocycles. The summed E-state index contributed by atoms with van der Waals surface area (Å²) < 4.78 is 11.1. The summed E-state index contributed by atoms with van der Waals surface area (Å²) in [5.41, 5.74) is 5.79. The van der Waals surface area contributed by atoms with Crippen LogP contribution in [0, 0.1) is 11.3 Å². The van der Waals surface area contributed by atoms with Crippen LogP contribution < -0.4 is 0 Å². The van der Waals surface area contributed by atoms with Gasteiger partial charge in [0, 0.05) is 12.0 Å². The molecule has 25 heavy (non-hydrogen) atoms. The highest BCUT2D eigenvalue weighted by molar-refractivity contribution is 5.70. The summed E-state index contributed by atoms with van der Waals surface area (Å²) in [6.07, 6.45) is 2.22. The maximum Gasteiger partial charge on any atom is 0.200 e. The average molecular weight is 331 g/mol. The fourth-order valence-electron chi connectivity index (χ4n) is 3.05. The number of hydrogen-bond acceptors (Lipinski definition) is 4. The fraction of sp³-hybridized carbons (Fsp3) is 0.200. The predicted octanol–water partition coefficient (Wildman–Crippen LogP) is 3.58. The summed E-state index contributed by atoms with van der Waals surface area (Å²) in [7, 11) is 0. The molecule has 4 rings (SSSR count). The fourth-order valence-corrected chi connectivity index (χ4v) is 3.05. The maximum absolute atomic E-state index is 9.26. The van der Waals surface area contributed by atoms with E-state index in [4.69, 9.17) is 9.47 Å². The van der Waals surface area contributed by atoms with Crippen molar-refractivity contribution in [2.75, 3.05) is 13.2 Å². The summed E-state index contributed by atoms with van der Waals surface area (Å²) >= 11 is 0. The molecule has 1 saturated heterocycles. The first kappa shape index (κ1) is 15.6. The molecule has 0 spiro atoms. The second-order valence-electron chi connectivity index (χ2n) is 5.91. The van der Waals surface area contributed by atoms with E-state index in [0.717, 1.165) is 28.8 Å². The van der Waals surface area contributed by atoms with Crippen molar-refractivity contribution in [2.45, 2.75) is 12.7 Å². The molecule has 3 aromatic rings. The Hall–Kier alpha value is -2.94. The smallest absolute Gasteiger partial charge is 0.200 e. The highest BCUT2D eigenvalue weighted by atomic mass is 16.7. The molecule has 2 heterocycles. The molecular weight excluding hydrogens is 314 g/mol. The highest BCUT2D eigenvalue weighted by Gasteiger charge is 2.23. The molecule has 5 heteroatoms. The number of H-pyrrole nitrogens is 1. The monoisotopic (exact) mass is 331 g/mol. The zero-order valence-electron chi connectivity index (χ0n) is 13.6. The van der Waals surface area contributed by atoms with Gasteiger partial charge in [-0.3, -0.25) is 5.10 Å². The van der Waals surface area contributed by atoms with Gasteiger partial charge < -0.3 is 9.47 Å². The van der Waals surface area contributed by atoms with Gasteiger partial charge in [0.25, 0.3) is 0 Å². The minimum absolute atomic E-state index is 0.348. The molecule has 1 fully saturated rings. The molecule has 0 amide bonds. The number of hydrogen-bond donors (Lipinski definition) is 1. The van der Waals surface area contributed by atoms with Crippen molar-refractivity contribution in [1.82, 2.24) is 10.2 Å². The zero-order chi connectivity index (χ0) is 17.1. The summed E-state index contributed by atoms with van der Waals surface area (Å²) in [5, 5.41) is 16.4. The standard InChI is InChI=1S/C20H17N3O2/c21-12-16-3-1-2-4-18(16)15-7-5-14(6-8-15)11-17-13-22-23-19(17)20-24-9-10-25-20/h1-8,13,20H,9-11H2,(H,22,23). The third-order valence-corrected chi connectivity index (χ3v) is 4.32. The Bertz CT molecular complexity index is 903. The van der Waals surface area contributed by atoms with Gasteiger partial charge in [0.15, 0.2) is 0 Å². The molecule has 0 unspecified atom stereocenters. The van der Waals surface area contributed by atoms with Crippen LogP contribution in [0.25, 0.3) is 11.1 Å². The van der Waals surface area contributed by atoms with Gasteiger partial charge in [0.1, 0.15) is 0 Å². The first-order chi connectivity index (χ1) is 12.3. The van der Waals surface area contributed by atoms with E-state index in [-0.39, 0.29) is 6.29 Å². The summed E-state index contributed by atoms with van der Waals surface area (Å²) in [6.45, 7) is 1.21. The lowest BCUT2D eigenvalue weighted by molar-refractivity contribution is -0.0478. The van der Waals surface area contributed by atoms with Crippen molar-refractivity contribution < 1.29 is 9.47 Å². The molecule has 1 aliphatic rings. The second-order valence-corrected chi connectivity index (χ2v) is 5.91. The lowest BCUT2D eigenvalue weighted by atomic mass is 9.97. The number of aromatic amines is 1. The Balaban J connectivity index is 1.56. The Morgan fingerprint density at radius 2 is 1.84 bits per heavy atom. The van der Waals surface area contributed by atoms with Crippen LogP contribution >= 0.6 is 0 Å². The van der Waals surface area contributed by atoms with Crippen LogP contribution in [-0.4, -0.2) is 23.4 Å². The number of nitriles is 1. The van der Waals surface area contributed by atoms with Crippen LogP contribution in [0.3, 0.4) is 0 Å². The Morgan fingerprint density at radius 1 is 1.08 bits per heavy atom. The summed E-state index contributed by atoms with van der Waals surface area (Å²) in [6, 6.07) is 18.1. The normalized spacial score (nSPS) is 14.5. The van der Waals surface area contributed by atoms with Crippen LogP contribution in [0.15, 0.2) is 54.7 Å². The highest BCUT2D eigenvalue weighted by Crippen LogP contribution is 2.27. The van der Waals surface area contributed by atoms with Gasteiger partial charge in [-0.2, -0.15) is 10.4 Å². The first-order valence-corrected chi connectivity index (χ1v) is 8.19. The molecule has 1 aromatic heterocycles. The third kappa shape index (κ3) is 3.18. The van der Waals surface area contributed by atoms with Crippen LogP contribution in [0.4, 0.5) is 0 Å². The van der Waals surface area contributed by atoms with Crippen molar-refractivity contribution >= 4 is 0 Å². The van der Waals surface area contributed by atoms with E-state index >= 15 is 0 Å². The summed E-state index contributed by atoms with van der Waals surface area (Å²) in [4.78, 5) is 0. The molecular formula is C20H17N3O2. The van der Waals surface area contributed by atoms with Crippen LogP contribution in [-0.2, 0) is 15.9 Å². The first-order valence-electron chi connectivity index (χ1n) is 8.19. The molecule has 2 aromatic carbocycles. The van der Waals surface area contributed by atoms with Gasteiger partial charge in [-0.25, -0.2) is 0 Å². The van der Waals surface area contributed by atoms with Crippen LogP contribution in [0.1, 0.15) is 28.7 Å². The zero-order valence-corrected chi connectivity index (χ0v) is 13.6. The Morgan fingerprint density at radius 3 is 2.60 bits per heavy atom. The minimum atomic E-state index is -0.348. The van der Waals surface area contributed by atoms with E-state index in [9.17, 15) is 5.26 Å². The van der Waals surface area contributed by atoms with Crippen LogP contribution in [0.2, 0.25) is 0 Å². The molecule has 0 saturated carbocycles. The number of nitrogens with zero attached hydrogens (tertiary/aromatic N) is 2. The Labute approximate surface area is 145 Å². The van der Waals surface area contributed by atoms with Gasteiger partial charge in [-0.05, 0) is 22.8 Å². The number of nitrogens with one attached hydrogen (secondary N) is 1. The predicted molar refractivity (Wildman–Crippen MR) is 92.6 cm³/mol. The van der Waals surface area contributed by atoms with E-state index in [1.165, 1.54) is 5.56 Å². The molecule has 0 radical (unpaired) electrons. The molecule has 5 nitrogen and oxygen atoms in total. The molecule has 1 N–H and O–H groups in total. The van der Waals surface area contributed by atoms with Crippen molar-refractivity contribution in [3.8, 4) is 17.2 Å². The largest absolute Gasteiger partial charge is 0.345 e. The van der Waals surface area contributed by atoms with E-state index in [2.05, 4.69) is 28.4 Å². The second kappa shape index (κ2) is 6.89. The SMILES string of the molecule is N#Cc1ccccc1-c1ccc(Cc2cn[nH]c2C2OCCO2)cc1. The number of benzene rings is 2. The molecule has 0 bridgehead atoms. The van der Waals surface area contributed by atoms with Crippen molar-refractivity contribution in [3.63, 3.8) is 0 Å². The van der Waals surface area contributed by atoms with E-state index < -0.39 is 0 Å². The Kier molecular flexibility index (Phi) is 4.30. The quantitative estimate of drug-likeness (QED) is 0.793. The van der Waals surface area contributed by atoms with Gasteiger partial charge in [0.05, 0.1) is 36.7 Å². The van der Waals surface area contributed by atoms with Crippen molar-refractivity contribution in [3.05, 3.63) is 77.1 Å².